The maximum Gasteiger partial charge on any atom is 0.175 e. The summed E-state index contributed by atoms with van der Waals surface area (Å²) in [5, 5.41) is 1.16. The molecule has 4 heteroatoms. The van der Waals surface area contributed by atoms with E-state index in [1.54, 1.807) is 7.11 Å². The second-order valence-electron chi connectivity index (χ2n) is 5.73. The van der Waals surface area contributed by atoms with Crippen LogP contribution in [0.3, 0.4) is 0 Å². The number of aryl methyl sites for hydroxylation is 1. The number of pyridine rings is 1. The number of nitrogens with zero attached hydrogens (tertiary/aromatic N) is 1. The zero-order valence-corrected chi connectivity index (χ0v) is 16.1. The third-order valence-electron chi connectivity index (χ3n) is 3.85. The molecule has 1 aromatic heterocycles. The number of rotatable bonds is 5. The van der Waals surface area contributed by atoms with Gasteiger partial charge in [0.2, 0.25) is 0 Å². The summed E-state index contributed by atoms with van der Waals surface area (Å²) in [7, 11) is 1.64. The van der Waals surface area contributed by atoms with Gasteiger partial charge in [-0.15, -0.1) is 0 Å². The third kappa shape index (κ3) is 4.02. The molecule has 128 valence electrons. The molecule has 0 amide bonds. The molecule has 0 spiro atoms. The van der Waals surface area contributed by atoms with E-state index < -0.39 is 0 Å². The fraction of sp³-hybridized carbons (Fsp3) is 0.190. The van der Waals surface area contributed by atoms with Crippen molar-refractivity contribution in [3.63, 3.8) is 0 Å². The van der Waals surface area contributed by atoms with Gasteiger partial charge in [-0.3, -0.25) is 0 Å². The summed E-state index contributed by atoms with van der Waals surface area (Å²) in [6.45, 7) is 4.63. The van der Waals surface area contributed by atoms with Crippen LogP contribution in [0.1, 0.15) is 23.7 Å². The molecule has 3 rings (SSSR count). The number of hydrogen-bond acceptors (Lipinski definition) is 3. The summed E-state index contributed by atoms with van der Waals surface area (Å²) in [6, 6.07) is 14.4. The Bertz CT molecular complexity index is 935. The molecule has 0 radical (unpaired) electrons. The highest BCUT2D eigenvalue weighted by atomic mass is 79.9. The lowest BCUT2D eigenvalue weighted by molar-refractivity contribution is 0.309. The fourth-order valence-corrected chi connectivity index (χ4v) is 3.23. The normalized spacial score (nSPS) is 11.2. The summed E-state index contributed by atoms with van der Waals surface area (Å²) in [6.07, 6.45) is 4.02. The summed E-state index contributed by atoms with van der Waals surface area (Å²) in [5.74, 6) is 1.43. The van der Waals surface area contributed by atoms with E-state index in [1.165, 1.54) is 5.56 Å². The molecule has 1 heterocycles. The van der Waals surface area contributed by atoms with Crippen LogP contribution in [0, 0.1) is 6.92 Å². The van der Waals surface area contributed by atoms with Crippen LogP contribution in [-0.2, 0) is 0 Å². The Morgan fingerprint density at radius 2 is 1.92 bits per heavy atom. The van der Waals surface area contributed by atoms with E-state index >= 15 is 0 Å². The lowest BCUT2D eigenvalue weighted by atomic mass is 10.1. The lowest BCUT2D eigenvalue weighted by Gasteiger charge is -2.12. The van der Waals surface area contributed by atoms with Gasteiger partial charge in [0.15, 0.2) is 11.5 Å². The van der Waals surface area contributed by atoms with E-state index in [4.69, 9.17) is 9.47 Å². The van der Waals surface area contributed by atoms with Crippen LogP contribution in [-0.4, -0.2) is 18.7 Å². The van der Waals surface area contributed by atoms with Crippen LogP contribution >= 0.6 is 15.9 Å². The molecular formula is C21H20BrNO2. The van der Waals surface area contributed by atoms with Crippen molar-refractivity contribution in [1.82, 2.24) is 4.98 Å². The maximum atomic E-state index is 5.63. The summed E-state index contributed by atoms with van der Waals surface area (Å²) in [5.41, 5.74) is 4.17. The smallest absolute Gasteiger partial charge is 0.175 e. The van der Waals surface area contributed by atoms with Crippen LogP contribution < -0.4 is 9.47 Å². The third-order valence-corrected chi connectivity index (χ3v) is 4.44. The van der Waals surface area contributed by atoms with E-state index in [2.05, 4.69) is 52.1 Å². The molecule has 3 nitrogen and oxygen atoms in total. The number of benzene rings is 2. The Morgan fingerprint density at radius 1 is 1.08 bits per heavy atom. The predicted molar refractivity (Wildman–Crippen MR) is 107 cm³/mol. The van der Waals surface area contributed by atoms with Crippen molar-refractivity contribution in [3.05, 3.63) is 63.8 Å². The fourth-order valence-electron chi connectivity index (χ4n) is 2.66. The van der Waals surface area contributed by atoms with Crippen LogP contribution in [0.4, 0.5) is 0 Å². The summed E-state index contributed by atoms with van der Waals surface area (Å²) < 4.78 is 11.9. The topological polar surface area (TPSA) is 31.4 Å². The first-order valence-corrected chi connectivity index (χ1v) is 8.96. The van der Waals surface area contributed by atoms with Gasteiger partial charge in [-0.05, 0) is 71.7 Å². The Kier molecular flexibility index (Phi) is 5.39. The molecule has 0 saturated carbocycles. The molecule has 0 saturated heterocycles. The maximum absolute atomic E-state index is 5.63. The molecule has 3 aromatic rings. The minimum atomic E-state index is 0.588. The second kappa shape index (κ2) is 7.70. The zero-order chi connectivity index (χ0) is 17.8. The monoisotopic (exact) mass is 397 g/mol. The first-order chi connectivity index (χ1) is 12.1. The molecular weight excluding hydrogens is 378 g/mol. The molecule has 0 bridgehead atoms. The number of halogens is 1. The van der Waals surface area contributed by atoms with E-state index in [-0.39, 0.29) is 0 Å². The van der Waals surface area contributed by atoms with Crippen molar-refractivity contribution in [1.29, 1.82) is 0 Å². The highest BCUT2D eigenvalue weighted by molar-refractivity contribution is 9.10. The predicted octanol–water partition coefficient (Wildman–Crippen LogP) is 5.88. The quantitative estimate of drug-likeness (QED) is 0.538. The summed E-state index contributed by atoms with van der Waals surface area (Å²) >= 11 is 3.55. The van der Waals surface area contributed by atoms with Crippen LogP contribution in [0.15, 0.2) is 46.9 Å². The van der Waals surface area contributed by atoms with E-state index in [1.807, 2.05) is 37.3 Å². The van der Waals surface area contributed by atoms with Gasteiger partial charge < -0.3 is 9.47 Å². The van der Waals surface area contributed by atoms with Gasteiger partial charge in [0.1, 0.15) is 0 Å². The van der Waals surface area contributed by atoms with Crippen molar-refractivity contribution in [2.24, 2.45) is 0 Å². The first kappa shape index (κ1) is 17.5. The van der Waals surface area contributed by atoms with Crippen LogP contribution in [0.25, 0.3) is 23.1 Å². The number of methoxy groups -OCH3 is 1. The van der Waals surface area contributed by atoms with Crippen LogP contribution in [0.2, 0.25) is 0 Å². The summed E-state index contributed by atoms with van der Waals surface area (Å²) in [4.78, 5) is 4.69. The Hall–Kier alpha value is -2.33. The van der Waals surface area contributed by atoms with Gasteiger partial charge >= 0.3 is 0 Å². The molecule has 0 atom stereocenters. The first-order valence-electron chi connectivity index (χ1n) is 8.16. The van der Waals surface area contributed by atoms with Crippen LogP contribution in [0.5, 0.6) is 11.5 Å². The number of aromatic nitrogens is 1. The number of fused-ring (bicyclic) bond motifs is 1. The number of ether oxygens (including phenoxy) is 2. The van der Waals surface area contributed by atoms with E-state index in [0.29, 0.717) is 12.4 Å². The van der Waals surface area contributed by atoms with Crippen molar-refractivity contribution < 1.29 is 9.47 Å². The second-order valence-corrected chi connectivity index (χ2v) is 6.59. The van der Waals surface area contributed by atoms with Gasteiger partial charge in [-0.2, -0.15) is 0 Å². The zero-order valence-electron chi connectivity index (χ0n) is 14.5. The van der Waals surface area contributed by atoms with Gasteiger partial charge in [0.25, 0.3) is 0 Å². The molecule has 0 fully saturated rings. The Morgan fingerprint density at radius 3 is 2.68 bits per heavy atom. The molecule has 25 heavy (non-hydrogen) atoms. The molecule has 0 aliphatic carbocycles. The van der Waals surface area contributed by atoms with E-state index in [9.17, 15) is 0 Å². The highest BCUT2D eigenvalue weighted by Crippen LogP contribution is 2.37. The van der Waals surface area contributed by atoms with E-state index in [0.717, 1.165) is 32.4 Å². The minimum Gasteiger partial charge on any atom is -0.493 e. The van der Waals surface area contributed by atoms with Crippen molar-refractivity contribution in [2.45, 2.75) is 13.8 Å². The number of hydrogen-bond donors (Lipinski definition) is 0. The van der Waals surface area contributed by atoms with Gasteiger partial charge in [-0.1, -0.05) is 23.8 Å². The molecule has 0 aliphatic heterocycles. The Labute approximate surface area is 156 Å². The van der Waals surface area contributed by atoms with Gasteiger partial charge in [-0.25, -0.2) is 4.98 Å². The Balaban J connectivity index is 1.91. The lowest BCUT2D eigenvalue weighted by Crippen LogP contribution is -1.96. The molecule has 0 aliphatic rings. The SMILES string of the molecule is CCOc1c(Br)cc(/C=C/c2ccc3cc(C)ccc3n2)cc1OC. The van der Waals surface area contributed by atoms with Gasteiger partial charge in [0.05, 0.1) is 29.4 Å². The van der Waals surface area contributed by atoms with Gasteiger partial charge in [0, 0.05) is 5.39 Å². The average Bonchev–Trinajstić information content (AvgIpc) is 2.61. The van der Waals surface area contributed by atoms with Crippen molar-refractivity contribution >= 4 is 39.0 Å². The average molecular weight is 398 g/mol. The highest BCUT2D eigenvalue weighted by Gasteiger charge is 2.10. The molecule has 0 N–H and O–H groups in total. The molecule has 0 unspecified atom stereocenters. The van der Waals surface area contributed by atoms with Crippen molar-refractivity contribution in [2.75, 3.05) is 13.7 Å². The standard InChI is InChI=1S/C21H20BrNO2/c1-4-25-21-18(22)12-15(13-20(21)24-3)6-8-17-9-7-16-11-14(2)5-10-19(16)23-17/h5-13H,4H2,1-3H3/b8-6+. The largest absolute Gasteiger partial charge is 0.493 e. The minimum absolute atomic E-state index is 0.588. The van der Waals surface area contributed by atoms with Crippen molar-refractivity contribution in [3.8, 4) is 11.5 Å². The molecule has 2 aromatic carbocycles.